The molecule has 1 atom stereocenters. The molecule has 0 radical (unpaired) electrons. The zero-order valence-electron chi connectivity index (χ0n) is 15.0. The summed E-state index contributed by atoms with van der Waals surface area (Å²) in [5.41, 5.74) is 1.26. The summed E-state index contributed by atoms with van der Waals surface area (Å²) in [5.74, 6) is 3.04. The Labute approximate surface area is 161 Å². The number of thiophene rings is 1. The van der Waals surface area contributed by atoms with E-state index in [2.05, 4.69) is 27.2 Å². The molecule has 1 aromatic carbocycles. The fourth-order valence-electron chi connectivity index (χ4n) is 3.78. The van der Waals surface area contributed by atoms with Crippen LogP contribution in [0, 0.1) is 0 Å². The van der Waals surface area contributed by atoms with E-state index in [1.165, 1.54) is 5.56 Å². The number of nitrogens with zero attached hydrogens (tertiary/aromatic N) is 3. The zero-order valence-corrected chi connectivity index (χ0v) is 15.8. The maximum Gasteiger partial charge on any atom is 0.241 e. The number of benzene rings is 1. The molecule has 6 nitrogen and oxygen atoms in total. The van der Waals surface area contributed by atoms with Gasteiger partial charge in [0.25, 0.3) is 0 Å². The van der Waals surface area contributed by atoms with Crippen molar-refractivity contribution in [2.45, 2.75) is 31.8 Å². The standard InChI is InChI=1S/C20H21N3O3S/c1-4-15(14-6-7-16-17(12-14)25-10-3-9-24-16)23(8-1)13-19-21-20(22-26-19)18-5-2-11-27-18/h2,5-7,11-12,15H,1,3-4,8-10,13H2/t15-/m0/s1. The van der Waals surface area contributed by atoms with Crippen molar-refractivity contribution in [2.24, 2.45) is 0 Å². The molecule has 0 saturated carbocycles. The van der Waals surface area contributed by atoms with Gasteiger partial charge in [0.05, 0.1) is 24.6 Å². The summed E-state index contributed by atoms with van der Waals surface area (Å²) in [7, 11) is 0. The van der Waals surface area contributed by atoms with E-state index in [1.54, 1.807) is 11.3 Å². The number of aromatic nitrogens is 2. The first-order valence-corrected chi connectivity index (χ1v) is 10.2. The van der Waals surface area contributed by atoms with Gasteiger partial charge in [0, 0.05) is 12.5 Å². The molecule has 140 valence electrons. The SMILES string of the molecule is c1csc(-c2noc(CN3CCC[C@H]3c3ccc4c(c3)OCCCO4)n2)c1. The predicted molar refractivity (Wildman–Crippen MR) is 102 cm³/mol. The minimum atomic E-state index is 0.333. The Hall–Kier alpha value is -2.38. The second kappa shape index (κ2) is 7.32. The van der Waals surface area contributed by atoms with Crippen LogP contribution in [-0.4, -0.2) is 34.8 Å². The van der Waals surface area contributed by atoms with E-state index in [9.17, 15) is 0 Å². The molecule has 0 amide bonds. The Morgan fingerprint density at radius 1 is 1.11 bits per heavy atom. The lowest BCUT2D eigenvalue weighted by Crippen LogP contribution is -2.23. The van der Waals surface area contributed by atoms with Crippen molar-refractivity contribution < 1.29 is 14.0 Å². The van der Waals surface area contributed by atoms with Crippen molar-refractivity contribution in [1.82, 2.24) is 15.0 Å². The lowest BCUT2D eigenvalue weighted by atomic mass is 10.0. The molecule has 27 heavy (non-hydrogen) atoms. The number of hydrogen-bond donors (Lipinski definition) is 0. The topological polar surface area (TPSA) is 60.6 Å². The number of hydrogen-bond acceptors (Lipinski definition) is 7. The van der Waals surface area contributed by atoms with Crippen molar-refractivity contribution in [3.8, 4) is 22.2 Å². The highest BCUT2D eigenvalue weighted by molar-refractivity contribution is 7.13. The maximum absolute atomic E-state index is 5.86. The Balaban J connectivity index is 1.34. The molecule has 0 N–H and O–H groups in total. The molecule has 2 aromatic heterocycles. The van der Waals surface area contributed by atoms with Gasteiger partial charge in [-0.25, -0.2) is 0 Å². The largest absolute Gasteiger partial charge is 0.490 e. The molecule has 5 rings (SSSR count). The van der Waals surface area contributed by atoms with Gasteiger partial charge in [0.1, 0.15) is 0 Å². The van der Waals surface area contributed by atoms with Crippen LogP contribution in [0.15, 0.2) is 40.2 Å². The molecular formula is C20H21N3O3S. The quantitative estimate of drug-likeness (QED) is 0.670. The second-order valence-electron chi connectivity index (χ2n) is 6.87. The average Bonchev–Trinajstić information content (AvgIpc) is 3.42. The minimum Gasteiger partial charge on any atom is -0.490 e. The van der Waals surface area contributed by atoms with E-state index in [0.717, 1.165) is 42.2 Å². The van der Waals surface area contributed by atoms with Crippen LogP contribution in [0.1, 0.15) is 36.8 Å². The van der Waals surface area contributed by atoms with E-state index in [1.807, 2.05) is 23.6 Å². The van der Waals surface area contributed by atoms with Crippen molar-refractivity contribution in [3.63, 3.8) is 0 Å². The first-order chi connectivity index (χ1) is 13.4. The van der Waals surface area contributed by atoms with Gasteiger partial charge in [0.2, 0.25) is 11.7 Å². The van der Waals surface area contributed by atoms with Gasteiger partial charge in [0.15, 0.2) is 11.5 Å². The van der Waals surface area contributed by atoms with Gasteiger partial charge in [-0.15, -0.1) is 11.3 Å². The molecule has 2 aliphatic rings. The van der Waals surface area contributed by atoms with Crippen LogP contribution in [0.3, 0.4) is 0 Å². The lowest BCUT2D eigenvalue weighted by Gasteiger charge is -2.23. The summed E-state index contributed by atoms with van der Waals surface area (Å²) in [6.45, 7) is 3.11. The van der Waals surface area contributed by atoms with E-state index < -0.39 is 0 Å². The molecule has 0 aliphatic carbocycles. The van der Waals surface area contributed by atoms with E-state index in [0.29, 0.717) is 37.5 Å². The van der Waals surface area contributed by atoms with Crippen LogP contribution in [0.4, 0.5) is 0 Å². The third-order valence-corrected chi connectivity index (χ3v) is 5.93. The van der Waals surface area contributed by atoms with Crippen LogP contribution in [0.25, 0.3) is 10.7 Å². The Kier molecular flexibility index (Phi) is 4.55. The highest BCUT2D eigenvalue weighted by Crippen LogP contribution is 2.38. The summed E-state index contributed by atoms with van der Waals surface area (Å²) < 4.78 is 17.1. The minimum absolute atomic E-state index is 0.333. The van der Waals surface area contributed by atoms with E-state index in [4.69, 9.17) is 14.0 Å². The Bertz CT molecular complexity index is 909. The monoisotopic (exact) mass is 383 g/mol. The second-order valence-corrected chi connectivity index (χ2v) is 7.82. The predicted octanol–water partition coefficient (Wildman–Crippen LogP) is 4.30. The van der Waals surface area contributed by atoms with E-state index >= 15 is 0 Å². The van der Waals surface area contributed by atoms with Gasteiger partial charge < -0.3 is 14.0 Å². The van der Waals surface area contributed by atoms with Crippen molar-refractivity contribution in [1.29, 1.82) is 0 Å². The molecule has 2 aliphatic heterocycles. The van der Waals surface area contributed by atoms with Crippen molar-refractivity contribution >= 4 is 11.3 Å². The summed E-state index contributed by atoms with van der Waals surface area (Å²) in [6.07, 6.45) is 3.19. The van der Waals surface area contributed by atoms with E-state index in [-0.39, 0.29) is 0 Å². The van der Waals surface area contributed by atoms with Crippen LogP contribution in [0.5, 0.6) is 11.5 Å². The van der Waals surface area contributed by atoms with Crippen molar-refractivity contribution in [3.05, 3.63) is 47.2 Å². The summed E-state index contributed by atoms with van der Waals surface area (Å²) in [4.78, 5) is 8.01. The van der Waals surface area contributed by atoms with Crippen LogP contribution in [-0.2, 0) is 6.54 Å². The first kappa shape index (κ1) is 16.8. The highest BCUT2D eigenvalue weighted by Gasteiger charge is 2.28. The molecule has 7 heteroatoms. The third-order valence-electron chi connectivity index (χ3n) is 5.07. The van der Waals surface area contributed by atoms with Crippen LogP contribution >= 0.6 is 11.3 Å². The first-order valence-electron chi connectivity index (χ1n) is 9.37. The number of fused-ring (bicyclic) bond motifs is 1. The summed E-state index contributed by atoms with van der Waals surface area (Å²) in [6, 6.07) is 10.7. The van der Waals surface area contributed by atoms with Gasteiger partial charge in [-0.1, -0.05) is 17.3 Å². The van der Waals surface area contributed by atoms with Gasteiger partial charge >= 0.3 is 0 Å². The Morgan fingerprint density at radius 3 is 2.93 bits per heavy atom. The molecule has 4 heterocycles. The molecule has 1 fully saturated rings. The molecule has 1 saturated heterocycles. The maximum atomic E-state index is 5.86. The fraction of sp³-hybridized carbons (Fsp3) is 0.400. The van der Waals surface area contributed by atoms with Gasteiger partial charge in [-0.05, 0) is 48.5 Å². The summed E-state index contributed by atoms with van der Waals surface area (Å²) in [5, 5.41) is 6.15. The molecule has 0 bridgehead atoms. The lowest BCUT2D eigenvalue weighted by molar-refractivity contribution is 0.212. The van der Waals surface area contributed by atoms with Crippen LogP contribution < -0.4 is 9.47 Å². The number of likely N-dealkylation sites (tertiary alicyclic amines) is 1. The van der Waals surface area contributed by atoms with Gasteiger partial charge in [-0.3, -0.25) is 4.90 Å². The number of ether oxygens (including phenoxy) is 2. The number of rotatable bonds is 4. The molecule has 3 aromatic rings. The molecular weight excluding hydrogens is 362 g/mol. The smallest absolute Gasteiger partial charge is 0.241 e. The zero-order chi connectivity index (χ0) is 18.1. The molecule has 0 unspecified atom stereocenters. The van der Waals surface area contributed by atoms with Crippen LogP contribution in [0.2, 0.25) is 0 Å². The highest BCUT2D eigenvalue weighted by atomic mass is 32.1. The average molecular weight is 383 g/mol. The molecule has 0 spiro atoms. The fourth-order valence-corrected chi connectivity index (χ4v) is 4.43. The third kappa shape index (κ3) is 3.44. The summed E-state index contributed by atoms with van der Waals surface area (Å²) >= 11 is 1.62. The normalized spacial score (nSPS) is 19.9. The van der Waals surface area contributed by atoms with Gasteiger partial charge in [-0.2, -0.15) is 4.98 Å². The van der Waals surface area contributed by atoms with Crippen molar-refractivity contribution in [2.75, 3.05) is 19.8 Å². The Morgan fingerprint density at radius 2 is 2.04 bits per heavy atom.